The molecule has 1 atom stereocenters. The molecular formula is C22H24F3NO5. The molecule has 31 heavy (non-hydrogen) atoms. The number of carbonyl (C=O) groups is 2. The van der Waals surface area contributed by atoms with Crippen LogP contribution in [0.3, 0.4) is 0 Å². The van der Waals surface area contributed by atoms with Crippen LogP contribution in [0.15, 0.2) is 48.5 Å². The molecule has 2 N–H and O–H groups in total. The smallest absolute Gasteiger partial charge is 0.416 e. The number of benzene rings is 2. The molecule has 0 aromatic heterocycles. The zero-order valence-corrected chi connectivity index (χ0v) is 17.1. The number of aliphatic carboxylic acids is 1. The highest BCUT2D eigenvalue weighted by Gasteiger charge is 2.29. The normalized spacial score (nSPS) is 12.5. The Labute approximate surface area is 178 Å². The number of carboxylic acids is 1. The van der Waals surface area contributed by atoms with Gasteiger partial charge >= 0.3 is 18.2 Å². The van der Waals surface area contributed by atoms with Crippen molar-refractivity contribution in [2.45, 2.75) is 51.8 Å². The van der Waals surface area contributed by atoms with Gasteiger partial charge in [-0.15, -0.1) is 0 Å². The van der Waals surface area contributed by atoms with Crippen LogP contribution in [0.2, 0.25) is 0 Å². The van der Waals surface area contributed by atoms with Crippen LogP contribution in [0.4, 0.5) is 18.0 Å². The van der Waals surface area contributed by atoms with Gasteiger partial charge in [0, 0.05) is 13.0 Å². The zero-order chi connectivity index (χ0) is 23.0. The number of carbonyl (C=O) groups excluding carboxylic acids is 1. The summed E-state index contributed by atoms with van der Waals surface area (Å²) >= 11 is 0. The lowest BCUT2D eigenvalue weighted by molar-refractivity contribution is -0.153. The Kier molecular flexibility index (Phi) is 8.44. The second-order valence-electron chi connectivity index (χ2n) is 7.16. The van der Waals surface area contributed by atoms with Gasteiger partial charge in [0.1, 0.15) is 6.61 Å². The van der Waals surface area contributed by atoms with Crippen molar-refractivity contribution in [3.63, 3.8) is 0 Å². The Morgan fingerprint density at radius 1 is 0.968 bits per heavy atom. The molecule has 0 aliphatic heterocycles. The number of alkyl carbamates (subject to hydrolysis) is 1. The minimum atomic E-state index is -4.41. The molecule has 6 nitrogen and oxygen atoms in total. The van der Waals surface area contributed by atoms with E-state index in [0.717, 1.165) is 23.3 Å². The summed E-state index contributed by atoms with van der Waals surface area (Å²) in [5.41, 5.74) is 1.22. The summed E-state index contributed by atoms with van der Waals surface area (Å²) < 4.78 is 48.0. The number of nitrogens with one attached hydrogen (secondary N) is 1. The van der Waals surface area contributed by atoms with Crippen molar-refractivity contribution in [3.05, 3.63) is 70.8 Å². The van der Waals surface area contributed by atoms with Crippen molar-refractivity contribution in [3.8, 4) is 0 Å². The summed E-state index contributed by atoms with van der Waals surface area (Å²) in [5.74, 6) is -1.03. The predicted octanol–water partition coefficient (Wildman–Crippen LogP) is 4.55. The molecule has 0 aliphatic carbocycles. The monoisotopic (exact) mass is 439 g/mol. The first-order valence-electron chi connectivity index (χ1n) is 9.57. The number of rotatable bonds is 9. The first-order chi connectivity index (χ1) is 14.5. The fourth-order valence-electron chi connectivity index (χ4n) is 2.69. The van der Waals surface area contributed by atoms with E-state index in [-0.39, 0.29) is 25.7 Å². The number of halogens is 3. The van der Waals surface area contributed by atoms with E-state index in [1.54, 1.807) is 38.1 Å². The molecule has 0 spiro atoms. The van der Waals surface area contributed by atoms with Crippen molar-refractivity contribution >= 4 is 12.1 Å². The molecule has 0 saturated carbocycles. The van der Waals surface area contributed by atoms with Gasteiger partial charge in [-0.2, -0.15) is 13.2 Å². The van der Waals surface area contributed by atoms with Gasteiger partial charge in [-0.25, -0.2) is 9.59 Å². The van der Waals surface area contributed by atoms with Crippen LogP contribution in [-0.4, -0.2) is 29.4 Å². The Hall–Kier alpha value is -3.07. The summed E-state index contributed by atoms with van der Waals surface area (Å²) in [6.07, 6.45) is -6.05. The minimum Gasteiger partial charge on any atom is -0.479 e. The maximum Gasteiger partial charge on any atom is 0.416 e. The van der Waals surface area contributed by atoms with Gasteiger partial charge in [0.25, 0.3) is 0 Å². The number of ether oxygens (including phenoxy) is 2. The molecule has 0 fully saturated rings. The molecule has 0 saturated heterocycles. The fraction of sp³-hybridized carbons (Fsp3) is 0.364. The molecule has 0 aliphatic rings. The summed E-state index contributed by atoms with van der Waals surface area (Å²) in [4.78, 5) is 23.1. The van der Waals surface area contributed by atoms with Gasteiger partial charge in [0.2, 0.25) is 0 Å². The molecule has 0 radical (unpaired) electrons. The van der Waals surface area contributed by atoms with Crippen LogP contribution in [0.5, 0.6) is 0 Å². The molecule has 0 heterocycles. The minimum absolute atomic E-state index is 0.157. The van der Waals surface area contributed by atoms with Crippen LogP contribution in [-0.2, 0) is 40.0 Å². The first-order valence-corrected chi connectivity index (χ1v) is 9.57. The van der Waals surface area contributed by atoms with Gasteiger partial charge in [-0.1, -0.05) is 36.4 Å². The molecule has 2 aromatic carbocycles. The van der Waals surface area contributed by atoms with Crippen molar-refractivity contribution in [1.82, 2.24) is 5.32 Å². The molecule has 9 heteroatoms. The number of hydrogen-bond acceptors (Lipinski definition) is 4. The second kappa shape index (κ2) is 10.8. The molecule has 0 bridgehead atoms. The van der Waals surface area contributed by atoms with Crippen LogP contribution in [0.1, 0.15) is 36.1 Å². The standard InChI is InChI=1S/C22H24F3NO5/c1-14(2)31-19(20(27)28)11-15-3-5-16(6-4-15)12-26-21(29)30-13-17-7-9-18(10-8-17)22(23,24)25/h3-10,14,19H,11-13H2,1-2H3,(H,26,29)(H,27,28). The lowest BCUT2D eigenvalue weighted by atomic mass is 10.1. The predicted molar refractivity (Wildman–Crippen MR) is 106 cm³/mol. The molecule has 2 aromatic rings. The van der Waals surface area contributed by atoms with Gasteiger partial charge in [0.15, 0.2) is 6.10 Å². The van der Waals surface area contributed by atoms with Crippen molar-refractivity contribution in [1.29, 1.82) is 0 Å². The highest BCUT2D eigenvalue weighted by Crippen LogP contribution is 2.29. The number of hydrogen-bond donors (Lipinski definition) is 2. The molecule has 1 unspecified atom stereocenters. The number of amides is 1. The number of carboxylic acid groups (broad SMARTS) is 1. The van der Waals surface area contributed by atoms with Crippen molar-refractivity contribution in [2.24, 2.45) is 0 Å². The second-order valence-corrected chi connectivity index (χ2v) is 7.16. The van der Waals surface area contributed by atoms with E-state index in [0.29, 0.717) is 5.56 Å². The maximum atomic E-state index is 12.5. The summed E-state index contributed by atoms with van der Waals surface area (Å²) in [5, 5.41) is 11.8. The molecule has 1 amide bonds. The Balaban J connectivity index is 1.79. The molecular weight excluding hydrogens is 415 g/mol. The highest BCUT2D eigenvalue weighted by molar-refractivity contribution is 5.72. The van der Waals surface area contributed by atoms with Gasteiger partial charge in [-0.05, 0) is 42.7 Å². The molecule has 2 rings (SSSR count). The topological polar surface area (TPSA) is 84.9 Å². The first kappa shape index (κ1) is 24.2. The molecule has 168 valence electrons. The van der Waals surface area contributed by atoms with Crippen molar-refractivity contribution in [2.75, 3.05) is 0 Å². The maximum absolute atomic E-state index is 12.5. The van der Waals surface area contributed by atoms with E-state index in [1.165, 1.54) is 12.1 Å². The van der Waals surface area contributed by atoms with Crippen molar-refractivity contribution < 1.29 is 37.3 Å². The number of alkyl halides is 3. The van der Waals surface area contributed by atoms with E-state index in [9.17, 15) is 27.9 Å². The largest absolute Gasteiger partial charge is 0.479 e. The summed E-state index contributed by atoms with van der Waals surface area (Å²) in [6, 6.07) is 11.4. The van der Waals surface area contributed by atoms with Crippen LogP contribution < -0.4 is 5.32 Å². The average Bonchev–Trinajstić information content (AvgIpc) is 2.70. The average molecular weight is 439 g/mol. The quantitative estimate of drug-likeness (QED) is 0.599. The van der Waals surface area contributed by atoms with Crippen LogP contribution in [0, 0.1) is 0 Å². The zero-order valence-electron chi connectivity index (χ0n) is 17.1. The van der Waals surface area contributed by atoms with E-state index >= 15 is 0 Å². The third-order valence-corrected chi connectivity index (χ3v) is 4.24. The van der Waals surface area contributed by atoms with Crippen LogP contribution >= 0.6 is 0 Å². The van der Waals surface area contributed by atoms with E-state index < -0.39 is 29.9 Å². The Morgan fingerprint density at radius 2 is 1.52 bits per heavy atom. The Morgan fingerprint density at radius 3 is 2.03 bits per heavy atom. The van der Waals surface area contributed by atoms with Gasteiger partial charge < -0.3 is 19.9 Å². The SMILES string of the molecule is CC(C)OC(Cc1ccc(CNC(=O)OCc2ccc(C(F)(F)F)cc2)cc1)C(=O)O. The van der Waals surface area contributed by atoms with E-state index in [2.05, 4.69) is 5.32 Å². The third kappa shape index (κ3) is 8.29. The van der Waals surface area contributed by atoms with E-state index in [4.69, 9.17) is 9.47 Å². The lowest BCUT2D eigenvalue weighted by Gasteiger charge is -2.16. The van der Waals surface area contributed by atoms with Gasteiger partial charge in [0.05, 0.1) is 11.7 Å². The third-order valence-electron chi connectivity index (χ3n) is 4.24. The highest BCUT2D eigenvalue weighted by atomic mass is 19.4. The van der Waals surface area contributed by atoms with E-state index in [1.807, 2.05) is 0 Å². The van der Waals surface area contributed by atoms with Crippen LogP contribution in [0.25, 0.3) is 0 Å². The summed E-state index contributed by atoms with van der Waals surface area (Å²) in [7, 11) is 0. The fourth-order valence-corrected chi connectivity index (χ4v) is 2.69. The lowest BCUT2D eigenvalue weighted by Crippen LogP contribution is -2.29. The van der Waals surface area contributed by atoms with Gasteiger partial charge in [-0.3, -0.25) is 0 Å². The summed E-state index contributed by atoms with van der Waals surface area (Å²) in [6.45, 7) is 3.55. The Bertz CT molecular complexity index is 864.